The van der Waals surface area contributed by atoms with Crippen molar-refractivity contribution in [3.05, 3.63) is 29.8 Å². The number of ether oxygens (including phenoxy) is 3. The summed E-state index contributed by atoms with van der Waals surface area (Å²) in [6.07, 6.45) is -0.854. The van der Waals surface area contributed by atoms with E-state index < -0.39 is 6.16 Å². The number of benzene rings is 1. The number of carbonyl (C=O) groups excluding carboxylic acids is 2. The molecule has 9 heteroatoms. The van der Waals surface area contributed by atoms with Crippen LogP contribution in [0.3, 0.4) is 0 Å². The molecule has 0 aliphatic rings. The number of nitrogens with one attached hydrogen (secondary N) is 2. The summed E-state index contributed by atoms with van der Waals surface area (Å²) in [7, 11) is 0. The van der Waals surface area contributed by atoms with Crippen molar-refractivity contribution in [1.29, 1.82) is 0 Å². The zero-order valence-electron chi connectivity index (χ0n) is 13.0. The number of hydrogen-bond donors (Lipinski definition) is 3. The fourth-order valence-corrected chi connectivity index (χ4v) is 1.67. The molecule has 1 aromatic rings. The highest BCUT2D eigenvalue weighted by Crippen LogP contribution is 2.12. The fourth-order valence-electron chi connectivity index (χ4n) is 1.55. The Labute approximate surface area is 145 Å². The maximum atomic E-state index is 11.6. The average molecular weight is 356 g/mol. The first-order valence-corrected chi connectivity index (χ1v) is 7.73. The van der Waals surface area contributed by atoms with E-state index in [1.165, 1.54) is 29.8 Å². The Kier molecular flexibility index (Phi) is 10.1. The molecule has 132 valence electrons. The van der Waals surface area contributed by atoms with Gasteiger partial charge in [-0.15, -0.1) is 0 Å². The van der Waals surface area contributed by atoms with Crippen LogP contribution in [0.2, 0.25) is 0 Å². The van der Waals surface area contributed by atoms with E-state index >= 15 is 0 Å². The minimum Gasteiger partial charge on any atom is -0.432 e. The molecular formula is C15H20N2O6S. The van der Waals surface area contributed by atoms with Gasteiger partial charge in [0.15, 0.2) is 0 Å². The normalized spacial score (nSPS) is 9.88. The third-order valence-corrected chi connectivity index (χ3v) is 2.80. The number of carbonyl (C=O) groups is 2. The topological polar surface area (TPSA) is 106 Å². The molecule has 0 bridgehead atoms. The molecule has 0 aliphatic heterocycles. The van der Waals surface area contributed by atoms with E-state index in [-0.39, 0.29) is 38.0 Å². The Morgan fingerprint density at radius 3 is 2.54 bits per heavy atom. The van der Waals surface area contributed by atoms with Crippen molar-refractivity contribution in [1.82, 2.24) is 10.6 Å². The number of aliphatic hydroxyl groups is 1. The van der Waals surface area contributed by atoms with Crippen molar-refractivity contribution in [2.75, 3.05) is 39.5 Å². The van der Waals surface area contributed by atoms with Crippen LogP contribution in [0.15, 0.2) is 24.3 Å². The van der Waals surface area contributed by atoms with Gasteiger partial charge in [0.25, 0.3) is 5.91 Å². The first-order chi connectivity index (χ1) is 11.7. The van der Waals surface area contributed by atoms with Crippen molar-refractivity contribution < 1.29 is 28.9 Å². The molecule has 8 nitrogen and oxygen atoms in total. The summed E-state index contributed by atoms with van der Waals surface area (Å²) in [4.78, 5) is 23.1. The van der Waals surface area contributed by atoms with Crippen LogP contribution >= 0.6 is 12.2 Å². The zero-order valence-corrected chi connectivity index (χ0v) is 13.8. The van der Waals surface area contributed by atoms with E-state index in [1.807, 2.05) is 0 Å². The number of hydrogen-bond acceptors (Lipinski definition) is 7. The minimum atomic E-state index is -0.854. The lowest BCUT2D eigenvalue weighted by Crippen LogP contribution is -2.26. The van der Waals surface area contributed by atoms with Crippen molar-refractivity contribution in [2.24, 2.45) is 0 Å². The van der Waals surface area contributed by atoms with Crippen LogP contribution in [0.1, 0.15) is 10.4 Å². The van der Waals surface area contributed by atoms with Gasteiger partial charge in [0.1, 0.15) is 12.4 Å². The van der Waals surface area contributed by atoms with Crippen LogP contribution < -0.4 is 15.4 Å². The predicted octanol–water partition coefficient (Wildman–Crippen LogP) is 0.487. The highest BCUT2D eigenvalue weighted by atomic mass is 32.1. The summed E-state index contributed by atoms with van der Waals surface area (Å²) in [6, 6.07) is 5.95. The molecule has 3 N–H and O–H groups in total. The molecular weight excluding hydrogens is 336 g/mol. The third kappa shape index (κ3) is 8.42. The monoisotopic (exact) mass is 356 g/mol. The number of rotatable bonds is 11. The molecule has 1 amide bonds. The van der Waals surface area contributed by atoms with Gasteiger partial charge in [-0.05, 0) is 24.3 Å². The summed E-state index contributed by atoms with van der Waals surface area (Å²) < 4.78 is 15.0. The molecule has 0 atom stereocenters. The van der Waals surface area contributed by atoms with E-state index in [1.54, 1.807) is 0 Å². The Morgan fingerprint density at radius 2 is 1.88 bits per heavy atom. The Balaban J connectivity index is 2.24. The number of aliphatic hydroxyl groups excluding tert-OH is 1. The molecule has 1 aromatic carbocycles. The maximum Gasteiger partial charge on any atom is 0.513 e. The highest BCUT2D eigenvalue weighted by molar-refractivity contribution is 7.78. The van der Waals surface area contributed by atoms with E-state index in [0.717, 1.165) is 0 Å². The number of amides is 1. The molecule has 0 fully saturated rings. The van der Waals surface area contributed by atoms with Crippen molar-refractivity contribution >= 4 is 29.8 Å². The van der Waals surface area contributed by atoms with E-state index in [0.29, 0.717) is 18.7 Å². The molecule has 0 heterocycles. The van der Waals surface area contributed by atoms with Gasteiger partial charge in [-0.2, -0.15) is 0 Å². The summed E-state index contributed by atoms with van der Waals surface area (Å²) in [5.41, 5.74) is 1.79. The van der Waals surface area contributed by atoms with E-state index in [4.69, 9.17) is 19.3 Å². The van der Waals surface area contributed by atoms with Crippen molar-refractivity contribution in [3.63, 3.8) is 0 Å². The molecule has 0 unspecified atom stereocenters. The molecule has 0 saturated heterocycles. The minimum absolute atomic E-state index is 0.0675. The van der Waals surface area contributed by atoms with Gasteiger partial charge >= 0.3 is 6.16 Å². The fraction of sp³-hybridized carbons (Fsp3) is 0.400. The predicted molar refractivity (Wildman–Crippen MR) is 90.3 cm³/mol. The van der Waals surface area contributed by atoms with Gasteiger partial charge in [0.2, 0.25) is 0 Å². The van der Waals surface area contributed by atoms with Gasteiger partial charge < -0.3 is 30.0 Å². The SMILES string of the molecule is O=C(OCCOCCNC=S)Oc1ccc(C(=O)NCCO)cc1. The third-order valence-electron chi connectivity index (χ3n) is 2.64. The maximum absolute atomic E-state index is 11.6. The van der Waals surface area contributed by atoms with E-state index in [2.05, 4.69) is 22.9 Å². The van der Waals surface area contributed by atoms with Crippen molar-refractivity contribution in [2.45, 2.75) is 0 Å². The quantitative estimate of drug-likeness (QED) is 0.228. The summed E-state index contributed by atoms with van der Waals surface area (Å²) >= 11 is 4.58. The van der Waals surface area contributed by atoms with Gasteiger partial charge in [-0.25, -0.2) is 4.79 Å². The van der Waals surface area contributed by atoms with Gasteiger partial charge in [-0.1, -0.05) is 12.2 Å². The molecule has 0 aromatic heterocycles. The number of thiocarbonyl (C=S) groups is 1. The lowest BCUT2D eigenvalue weighted by molar-refractivity contribution is 0.0538. The molecule has 0 spiro atoms. The average Bonchev–Trinajstić information content (AvgIpc) is 2.59. The second-order valence-electron chi connectivity index (χ2n) is 4.39. The summed E-state index contributed by atoms with van der Waals surface area (Å²) in [5, 5.41) is 14.0. The standard InChI is InChI=1S/C15H20N2O6S/c18-7-5-17-14(19)12-1-3-13(4-2-12)23-15(20)22-10-9-21-8-6-16-11-24/h1-4,11,18H,5-10H2,(H,16,24)(H,17,19). The summed E-state index contributed by atoms with van der Waals surface area (Å²) in [6.45, 7) is 1.40. The van der Waals surface area contributed by atoms with Crippen LogP contribution in [-0.4, -0.2) is 62.2 Å². The van der Waals surface area contributed by atoms with Gasteiger partial charge in [0, 0.05) is 18.7 Å². The van der Waals surface area contributed by atoms with Gasteiger partial charge in [-0.3, -0.25) is 4.79 Å². The van der Waals surface area contributed by atoms with Crippen LogP contribution in [0.25, 0.3) is 0 Å². The highest BCUT2D eigenvalue weighted by Gasteiger charge is 2.08. The second-order valence-corrected chi connectivity index (χ2v) is 4.62. The lowest BCUT2D eigenvalue weighted by atomic mass is 10.2. The largest absolute Gasteiger partial charge is 0.513 e. The Morgan fingerprint density at radius 1 is 1.12 bits per heavy atom. The molecule has 0 aliphatic carbocycles. The smallest absolute Gasteiger partial charge is 0.432 e. The Hall–Kier alpha value is -2.23. The summed E-state index contributed by atoms with van der Waals surface area (Å²) in [5.74, 6) is -0.0664. The van der Waals surface area contributed by atoms with Crippen LogP contribution in [0.5, 0.6) is 5.75 Å². The molecule has 24 heavy (non-hydrogen) atoms. The lowest BCUT2D eigenvalue weighted by Gasteiger charge is -2.07. The molecule has 0 saturated carbocycles. The van der Waals surface area contributed by atoms with Crippen molar-refractivity contribution in [3.8, 4) is 5.75 Å². The first kappa shape index (κ1) is 19.8. The van der Waals surface area contributed by atoms with Crippen LogP contribution in [0, 0.1) is 0 Å². The van der Waals surface area contributed by atoms with Crippen LogP contribution in [-0.2, 0) is 9.47 Å². The Bertz CT molecular complexity index is 523. The van der Waals surface area contributed by atoms with E-state index in [9.17, 15) is 9.59 Å². The molecule has 1 rings (SSSR count). The van der Waals surface area contributed by atoms with Gasteiger partial charge in [0.05, 0.1) is 25.3 Å². The zero-order chi connectivity index (χ0) is 17.6. The molecule has 0 radical (unpaired) electrons. The van der Waals surface area contributed by atoms with Crippen LogP contribution in [0.4, 0.5) is 4.79 Å². The second kappa shape index (κ2) is 12.2. The first-order valence-electron chi connectivity index (χ1n) is 7.26.